The Morgan fingerprint density at radius 3 is 2.32 bits per heavy atom. The van der Waals surface area contributed by atoms with Crippen LogP contribution in [-0.4, -0.2) is 89.9 Å². The van der Waals surface area contributed by atoms with Gasteiger partial charge in [0.2, 0.25) is 6.29 Å². The molecule has 0 amide bonds. The van der Waals surface area contributed by atoms with Gasteiger partial charge in [-0.1, -0.05) is 0 Å². The molecule has 200 valence electrons. The van der Waals surface area contributed by atoms with Gasteiger partial charge in [0.1, 0.15) is 35.9 Å². The predicted molar refractivity (Wildman–Crippen MR) is 137 cm³/mol. The quantitative estimate of drug-likeness (QED) is 0.304. The third kappa shape index (κ3) is 5.64. The third-order valence-electron chi connectivity index (χ3n) is 6.31. The number of aliphatic imine (C=N–C) groups is 1. The second-order valence-corrected chi connectivity index (χ2v) is 8.94. The molecule has 12 heteroatoms. The first-order chi connectivity index (χ1) is 17.8. The van der Waals surface area contributed by atoms with Crippen LogP contribution in [0.25, 0.3) is 0 Å². The second-order valence-electron chi connectivity index (χ2n) is 8.56. The lowest BCUT2D eigenvalue weighted by Gasteiger charge is -2.39. The van der Waals surface area contributed by atoms with E-state index in [2.05, 4.69) is 10.3 Å². The molecule has 2 heterocycles. The van der Waals surface area contributed by atoms with E-state index < -0.39 is 37.3 Å². The zero-order valence-corrected chi connectivity index (χ0v) is 21.3. The van der Waals surface area contributed by atoms with Crippen LogP contribution in [0.4, 0.5) is 0 Å². The molecular formula is C25H30N2O9S. The number of hydrogen-bond donors (Lipinski definition) is 5. The first-order valence-corrected chi connectivity index (χ1v) is 12.0. The Hall–Kier alpha value is -3.00. The Balaban J connectivity index is 1.53. The van der Waals surface area contributed by atoms with Gasteiger partial charge in [-0.2, -0.15) is 0 Å². The van der Waals surface area contributed by atoms with Crippen LogP contribution in [0.15, 0.2) is 41.4 Å². The number of aliphatic hydroxyl groups excluding tert-OH is 4. The normalized spacial score (nSPS) is 27.6. The van der Waals surface area contributed by atoms with E-state index in [0.29, 0.717) is 34.5 Å². The second kappa shape index (κ2) is 11.6. The molecule has 2 aliphatic rings. The summed E-state index contributed by atoms with van der Waals surface area (Å²) in [5.74, 6) is 2.05. The highest BCUT2D eigenvalue weighted by atomic mass is 32.1. The van der Waals surface area contributed by atoms with Crippen molar-refractivity contribution >= 4 is 23.0 Å². The molecule has 0 saturated carbocycles. The maximum Gasteiger partial charge on any atom is 0.229 e. The molecule has 5 N–H and O–H groups in total. The van der Waals surface area contributed by atoms with E-state index in [-0.39, 0.29) is 6.04 Å². The lowest BCUT2D eigenvalue weighted by molar-refractivity contribution is -0.277. The Labute approximate surface area is 219 Å². The molecule has 1 unspecified atom stereocenters. The van der Waals surface area contributed by atoms with Crippen molar-refractivity contribution in [1.29, 1.82) is 0 Å². The monoisotopic (exact) mass is 534 g/mol. The van der Waals surface area contributed by atoms with Crippen LogP contribution < -0.4 is 24.3 Å². The summed E-state index contributed by atoms with van der Waals surface area (Å²) >= 11 is 5.42. The van der Waals surface area contributed by atoms with Crippen molar-refractivity contribution in [2.24, 2.45) is 4.99 Å². The minimum atomic E-state index is -1.52. The van der Waals surface area contributed by atoms with E-state index in [1.807, 2.05) is 6.07 Å². The van der Waals surface area contributed by atoms with Crippen LogP contribution in [0, 0.1) is 0 Å². The van der Waals surface area contributed by atoms with E-state index in [1.165, 1.54) is 0 Å². The Kier molecular flexibility index (Phi) is 8.47. The number of nitrogens with one attached hydrogen (secondary N) is 1. The largest absolute Gasteiger partial charge is 0.497 e. The standard InChI is InChI=1S/C25H30N2O9S/c1-32-14-8-15(23(34-3)18(9-14)33-2)17-10-16(26-25(37)27-17)12-4-6-13(7-5-12)35-24-22(31)21(30)20(29)19(11-28)36-24/h4-9,17,19-22,24,28-31H,10-11H2,1-3H3,(H,27,37)/t17?,19-,20-,21+,22-,24-/m1/s1. The number of methoxy groups -OCH3 is 3. The van der Waals surface area contributed by atoms with Crippen molar-refractivity contribution in [1.82, 2.24) is 5.32 Å². The van der Waals surface area contributed by atoms with Crippen LogP contribution in [0.1, 0.15) is 23.6 Å². The lowest BCUT2D eigenvalue weighted by atomic mass is 9.94. The van der Waals surface area contributed by atoms with Crippen molar-refractivity contribution in [2.75, 3.05) is 27.9 Å². The van der Waals surface area contributed by atoms with Crippen LogP contribution in [0.2, 0.25) is 0 Å². The van der Waals surface area contributed by atoms with E-state index in [0.717, 1.165) is 16.8 Å². The van der Waals surface area contributed by atoms with E-state index in [4.69, 9.17) is 35.9 Å². The molecule has 2 aliphatic heterocycles. The van der Waals surface area contributed by atoms with Gasteiger partial charge in [0, 0.05) is 18.1 Å². The number of benzene rings is 2. The fourth-order valence-corrected chi connectivity index (χ4v) is 4.59. The van der Waals surface area contributed by atoms with Gasteiger partial charge in [-0.25, -0.2) is 4.99 Å². The van der Waals surface area contributed by atoms with Crippen LogP contribution in [-0.2, 0) is 4.74 Å². The van der Waals surface area contributed by atoms with Gasteiger partial charge in [-0.15, -0.1) is 0 Å². The van der Waals surface area contributed by atoms with Gasteiger partial charge in [-0.3, -0.25) is 0 Å². The molecule has 0 spiro atoms. The molecular weight excluding hydrogens is 504 g/mol. The first kappa shape index (κ1) is 27.0. The Bertz CT molecular complexity index is 1140. The van der Waals surface area contributed by atoms with Crippen molar-refractivity contribution in [2.45, 2.75) is 43.2 Å². The fraction of sp³-hybridized carbons (Fsp3) is 0.440. The average Bonchev–Trinajstić information content (AvgIpc) is 2.92. The molecule has 0 aromatic heterocycles. The van der Waals surface area contributed by atoms with Gasteiger partial charge in [0.25, 0.3) is 0 Å². The topological polar surface area (TPSA) is 151 Å². The van der Waals surface area contributed by atoms with Crippen molar-refractivity contribution in [3.8, 4) is 23.0 Å². The van der Waals surface area contributed by atoms with Crippen LogP contribution >= 0.6 is 12.2 Å². The number of aliphatic hydroxyl groups is 4. The van der Waals surface area contributed by atoms with Crippen LogP contribution in [0.3, 0.4) is 0 Å². The summed E-state index contributed by atoms with van der Waals surface area (Å²) in [5, 5.41) is 43.0. The predicted octanol–water partition coefficient (Wildman–Crippen LogP) is 0.700. The van der Waals surface area contributed by atoms with E-state index >= 15 is 0 Å². The zero-order valence-electron chi connectivity index (χ0n) is 20.5. The highest BCUT2D eigenvalue weighted by Crippen LogP contribution is 2.41. The highest BCUT2D eigenvalue weighted by molar-refractivity contribution is 7.80. The first-order valence-electron chi connectivity index (χ1n) is 11.5. The number of ether oxygens (including phenoxy) is 5. The summed E-state index contributed by atoms with van der Waals surface area (Å²) in [4.78, 5) is 4.51. The molecule has 37 heavy (non-hydrogen) atoms. The molecule has 11 nitrogen and oxygen atoms in total. The van der Waals surface area contributed by atoms with Crippen molar-refractivity contribution in [3.63, 3.8) is 0 Å². The molecule has 6 atom stereocenters. The smallest absolute Gasteiger partial charge is 0.229 e. The number of rotatable bonds is 8. The lowest BCUT2D eigenvalue weighted by Crippen LogP contribution is -2.60. The van der Waals surface area contributed by atoms with Gasteiger partial charge in [0.15, 0.2) is 16.6 Å². The molecule has 4 rings (SSSR count). The summed E-state index contributed by atoms with van der Waals surface area (Å²) < 4.78 is 27.6. The van der Waals surface area contributed by atoms with Gasteiger partial charge < -0.3 is 49.4 Å². The molecule has 0 bridgehead atoms. The van der Waals surface area contributed by atoms with Crippen molar-refractivity contribution < 1.29 is 44.1 Å². The SMILES string of the molecule is COc1cc(OC)c(OC)c(C2CC(c3ccc(O[C@@H]4O[C@H](CO)[C@@H](O)[C@H](O)[C@H]4O)cc3)=NC(=S)N2)c1. The van der Waals surface area contributed by atoms with Gasteiger partial charge >= 0.3 is 0 Å². The Morgan fingerprint density at radius 2 is 1.70 bits per heavy atom. The summed E-state index contributed by atoms with van der Waals surface area (Å²) in [6, 6.07) is 10.2. The summed E-state index contributed by atoms with van der Waals surface area (Å²) in [5.41, 5.74) is 2.33. The molecule has 0 aliphatic carbocycles. The molecule has 0 radical (unpaired) electrons. The molecule has 1 fully saturated rings. The zero-order chi connectivity index (χ0) is 26.7. The third-order valence-corrected chi connectivity index (χ3v) is 6.52. The summed E-state index contributed by atoms with van der Waals surface area (Å²) in [6.45, 7) is -0.539. The number of nitrogens with zero attached hydrogens (tertiary/aromatic N) is 1. The van der Waals surface area contributed by atoms with Gasteiger partial charge in [0.05, 0.1) is 39.7 Å². The maximum absolute atomic E-state index is 10.2. The number of thiocarbonyl (C=S) groups is 1. The van der Waals surface area contributed by atoms with Crippen molar-refractivity contribution in [3.05, 3.63) is 47.5 Å². The molecule has 2 aromatic carbocycles. The fourth-order valence-electron chi connectivity index (χ4n) is 4.33. The summed E-state index contributed by atoms with van der Waals surface area (Å²) in [6.07, 6.45) is -6.33. The molecule has 1 saturated heterocycles. The van der Waals surface area contributed by atoms with E-state index in [9.17, 15) is 20.4 Å². The highest BCUT2D eigenvalue weighted by Gasteiger charge is 2.44. The summed E-state index contributed by atoms with van der Waals surface area (Å²) in [7, 11) is 4.70. The minimum absolute atomic E-state index is 0.260. The van der Waals surface area contributed by atoms with Crippen LogP contribution in [0.5, 0.6) is 23.0 Å². The average molecular weight is 535 g/mol. The van der Waals surface area contributed by atoms with Gasteiger partial charge in [-0.05, 0) is 48.1 Å². The maximum atomic E-state index is 10.2. The minimum Gasteiger partial charge on any atom is -0.497 e. The van der Waals surface area contributed by atoms with E-state index in [1.54, 1.807) is 51.7 Å². The number of hydrogen-bond acceptors (Lipinski definition) is 10. The molecule has 2 aromatic rings. The Morgan fingerprint density at radius 1 is 0.973 bits per heavy atom.